The summed E-state index contributed by atoms with van der Waals surface area (Å²) in [5.41, 5.74) is 7.09. The normalized spacial score (nSPS) is 11.6. The van der Waals surface area contributed by atoms with E-state index >= 15 is 0 Å². The van der Waals surface area contributed by atoms with Crippen molar-refractivity contribution in [1.29, 1.82) is 0 Å². The summed E-state index contributed by atoms with van der Waals surface area (Å²) in [6, 6.07) is 18.1. The highest BCUT2D eigenvalue weighted by atomic mass is 32.1. The van der Waals surface area contributed by atoms with Crippen molar-refractivity contribution >= 4 is 23.1 Å². The van der Waals surface area contributed by atoms with Gasteiger partial charge in [0.15, 0.2) is 0 Å². The Hall–Kier alpha value is -2.20. The van der Waals surface area contributed by atoms with Crippen LogP contribution in [0, 0.1) is 0 Å². The minimum Gasteiger partial charge on any atom is -0.368 e. The molecule has 96 valence electrons. The number of amides is 1. The van der Waals surface area contributed by atoms with Gasteiger partial charge in [-0.05, 0) is 5.56 Å². The molecule has 1 atom stereocenters. The third kappa shape index (κ3) is 3.39. The maximum absolute atomic E-state index is 11.6. The summed E-state index contributed by atoms with van der Waals surface area (Å²) in [6.07, 6.45) is 0. The monoisotopic (exact) mass is 270 g/mol. The number of hydrogen-bond donors (Lipinski definition) is 2. The van der Waals surface area contributed by atoms with E-state index in [4.69, 9.17) is 18.0 Å². The highest BCUT2D eigenvalue weighted by Gasteiger charge is 2.18. The van der Waals surface area contributed by atoms with Gasteiger partial charge in [0.05, 0.1) is 0 Å². The van der Waals surface area contributed by atoms with E-state index in [0.29, 0.717) is 4.99 Å². The predicted molar refractivity (Wildman–Crippen MR) is 79.7 cm³/mol. The molecule has 3 N–H and O–H groups in total. The van der Waals surface area contributed by atoms with Crippen molar-refractivity contribution in [2.24, 2.45) is 5.73 Å². The van der Waals surface area contributed by atoms with Crippen LogP contribution in [0.3, 0.4) is 0 Å². The fourth-order valence-corrected chi connectivity index (χ4v) is 2.02. The highest BCUT2D eigenvalue weighted by Crippen LogP contribution is 2.13. The van der Waals surface area contributed by atoms with Gasteiger partial charge < -0.3 is 11.1 Å². The molecule has 2 aromatic rings. The van der Waals surface area contributed by atoms with Gasteiger partial charge >= 0.3 is 0 Å². The van der Waals surface area contributed by atoms with Gasteiger partial charge in [-0.25, -0.2) is 0 Å². The first-order valence-electron chi connectivity index (χ1n) is 5.88. The number of primary amides is 1. The van der Waals surface area contributed by atoms with Gasteiger partial charge in [0.1, 0.15) is 11.0 Å². The Kier molecular flexibility index (Phi) is 4.26. The minimum atomic E-state index is -0.617. The van der Waals surface area contributed by atoms with Crippen LogP contribution >= 0.6 is 12.2 Å². The lowest BCUT2D eigenvalue weighted by Crippen LogP contribution is -2.37. The van der Waals surface area contributed by atoms with Crippen LogP contribution in [0.4, 0.5) is 0 Å². The Balaban J connectivity index is 2.19. The zero-order valence-corrected chi connectivity index (χ0v) is 11.1. The van der Waals surface area contributed by atoms with Gasteiger partial charge in [0.2, 0.25) is 5.91 Å². The van der Waals surface area contributed by atoms with E-state index in [1.54, 1.807) is 0 Å². The van der Waals surface area contributed by atoms with Crippen LogP contribution in [0.5, 0.6) is 0 Å². The first-order chi connectivity index (χ1) is 9.18. The Bertz CT molecular complexity index is 569. The van der Waals surface area contributed by atoms with Gasteiger partial charge in [-0.15, -0.1) is 0 Å². The van der Waals surface area contributed by atoms with Crippen molar-refractivity contribution in [3.8, 4) is 0 Å². The molecule has 0 fully saturated rings. The SMILES string of the molecule is NC(=O)C(NC(=S)c1ccccc1)c1ccccc1. The van der Waals surface area contributed by atoms with E-state index in [1.165, 1.54) is 0 Å². The quantitative estimate of drug-likeness (QED) is 0.837. The average Bonchev–Trinajstić information content (AvgIpc) is 2.46. The van der Waals surface area contributed by atoms with Crippen LogP contribution in [0.1, 0.15) is 17.2 Å². The second-order valence-corrected chi connectivity index (χ2v) is 4.49. The zero-order chi connectivity index (χ0) is 13.7. The molecule has 2 aromatic carbocycles. The topological polar surface area (TPSA) is 55.1 Å². The third-order valence-corrected chi connectivity index (χ3v) is 3.08. The van der Waals surface area contributed by atoms with E-state index in [9.17, 15) is 4.79 Å². The van der Waals surface area contributed by atoms with Gasteiger partial charge in [-0.3, -0.25) is 4.79 Å². The lowest BCUT2D eigenvalue weighted by Gasteiger charge is -2.17. The summed E-state index contributed by atoms with van der Waals surface area (Å²) in [6.45, 7) is 0. The van der Waals surface area contributed by atoms with Crippen molar-refractivity contribution in [3.05, 3.63) is 71.8 Å². The van der Waals surface area contributed by atoms with E-state index in [1.807, 2.05) is 60.7 Å². The lowest BCUT2D eigenvalue weighted by molar-refractivity contribution is -0.119. The molecule has 0 spiro atoms. The fraction of sp³-hybridized carbons (Fsp3) is 0.0667. The summed E-state index contributed by atoms with van der Waals surface area (Å²) in [5, 5.41) is 3.01. The predicted octanol–water partition coefficient (Wildman–Crippen LogP) is 2.18. The van der Waals surface area contributed by atoms with Crippen LogP contribution in [0.15, 0.2) is 60.7 Å². The van der Waals surface area contributed by atoms with Crippen LogP contribution < -0.4 is 11.1 Å². The molecule has 4 heteroatoms. The van der Waals surface area contributed by atoms with Crippen LogP contribution in [-0.4, -0.2) is 10.9 Å². The molecule has 0 saturated heterocycles. The third-order valence-electron chi connectivity index (χ3n) is 2.73. The molecule has 0 heterocycles. The van der Waals surface area contributed by atoms with E-state index in [2.05, 4.69) is 5.32 Å². The second kappa shape index (κ2) is 6.11. The van der Waals surface area contributed by atoms with Gasteiger partial charge in [0.25, 0.3) is 0 Å². The number of hydrogen-bond acceptors (Lipinski definition) is 2. The molecule has 0 bridgehead atoms. The highest BCUT2D eigenvalue weighted by molar-refractivity contribution is 7.80. The van der Waals surface area contributed by atoms with E-state index < -0.39 is 11.9 Å². The average molecular weight is 270 g/mol. The molecule has 2 rings (SSSR count). The molecule has 1 amide bonds. The van der Waals surface area contributed by atoms with E-state index in [0.717, 1.165) is 11.1 Å². The number of nitrogens with two attached hydrogens (primary N) is 1. The first-order valence-corrected chi connectivity index (χ1v) is 6.29. The number of carbonyl (C=O) groups is 1. The number of benzene rings is 2. The largest absolute Gasteiger partial charge is 0.368 e. The van der Waals surface area contributed by atoms with Crippen LogP contribution in [0.2, 0.25) is 0 Å². The molecule has 0 saturated carbocycles. The van der Waals surface area contributed by atoms with Gasteiger partial charge in [-0.1, -0.05) is 72.9 Å². The summed E-state index contributed by atoms with van der Waals surface area (Å²) < 4.78 is 0. The molecule has 1 unspecified atom stereocenters. The Labute approximate surface area is 117 Å². The molecule has 3 nitrogen and oxygen atoms in total. The molecule has 0 aliphatic heterocycles. The van der Waals surface area contributed by atoms with E-state index in [-0.39, 0.29) is 0 Å². The van der Waals surface area contributed by atoms with Gasteiger partial charge in [-0.2, -0.15) is 0 Å². The smallest absolute Gasteiger partial charge is 0.244 e. The molecule has 0 aromatic heterocycles. The minimum absolute atomic E-state index is 0.454. The first kappa shape index (κ1) is 13.2. The van der Waals surface area contributed by atoms with Crippen LogP contribution in [-0.2, 0) is 4.79 Å². The number of carbonyl (C=O) groups excluding carboxylic acids is 1. The van der Waals surface area contributed by atoms with Crippen molar-refractivity contribution in [1.82, 2.24) is 5.32 Å². The number of rotatable bonds is 4. The molecule has 0 aliphatic rings. The fourth-order valence-electron chi connectivity index (χ4n) is 1.77. The number of thiocarbonyl (C=S) groups is 1. The number of nitrogens with one attached hydrogen (secondary N) is 1. The molecular formula is C15H14N2OS. The van der Waals surface area contributed by atoms with Crippen LogP contribution in [0.25, 0.3) is 0 Å². The summed E-state index contributed by atoms with van der Waals surface area (Å²) >= 11 is 5.30. The maximum Gasteiger partial charge on any atom is 0.244 e. The van der Waals surface area contributed by atoms with Crippen molar-refractivity contribution in [3.63, 3.8) is 0 Å². The standard InChI is InChI=1S/C15H14N2OS/c16-14(18)13(11-7-3-1-4-8-11)17-15(19)12-9-5-2-6-10-12/h1-10,13H,(H2,16,18)(H,17,19). The molecule has 0 aliphatic carbocycles. The summed E-state index contributed by atoms with van der Waals surface area (Å²) in [5.74, 6) is -0.454. The molecule has 19 heavy (non-hydrogen) atoms. The van der Waals surface area contributed by atoms with Gasteiger partial charge in [0, 0.05) is 5.56 Å². The zero-order valence-electron chi connectivity index (χ0n) is 10.2. The second-order valence-electron chi connectivity index (χ2n) is 4.09. The Morgan fingerprint density at radius 3 is 2.05 bits per heavy atom. The molecule has 0 radical (unpaired) electrons. The maximum atomic E-state index is 11.6. The van der Waals surface area contributed by atoms with Crippen molar-refractivity contribution in [2.45, 2.75) is 6.04 Å². The van der Waals surface area contributed by atoms with Crippen molar-refractivity contribution < 1.29 is 4.79 Å². The summed E-state index contributed by atoms with van der Waals surface area (Å²) in [4.78, 5) is 12.1. The Morgan fingerprint density at radius 2 is 1.53 bits per heavy atom. The Morgan fingerprint density at radius 1 is 1.00 bits per heavy atom. The molecular weight excluding hydrogens is 256 g/mol. The lowest BCUT2D eigenvalue weighted by atomic mass is 10.1. The summed E-state index contributed by atoms with van der Waals surface area (Å²) in [7, 11) is 0. The van der Waals surface area contributed by atoms with Crippen molar-refractivity contribution in [2.75, 3.05) is 0 Å².